The van der Waals surface area contributed by atoms with Crippen molar-refractivity contribution in [3.8, 4) is 0 Å². The fourth-order valence-electron chi connectivity index (χ4n) is 3.51. The number of benzene rings is 2. The van der Waals surface area contributed by atoms with Crippen molar-refractivity contribution in [1.29, 1.82) is 0 Å². The molecule has 2 aromatic rings. The first-order valence-corrected chi connectivity index (χ1v) is 10.0. The van der Waals surface area contributed by atoms with Gasteiger partial charge in [0.25, 0.3) is 10.0 Å². The van der Waals surface area contributed by atoms with Gasteiger partial charge < -0.3 is 9.64 Å². The van der Waals surface area contributed by atoms with Crippen LogP contribution in [0, 0.1) is 6.92 Å². The Morgan fingerprint density at radius 1 is 1.00 bits per heavy atom. The molecule has 0 spiro atoms. The number of ether oxygens (including phenoxy) is 1. The van der Waals surface area contributed by atoms with Crippen LogP contribution in [0.1, 0.15) is 11.1 Å². The summed E-state index contributed by atoms with van der Waals surface area (Å²) in [6, 6.07) is 13.3. The summed E-state index contributed by atoms with van der Waals surface area (Å²) in [5, 5.41) is 0. The van der Waals surface area contributed by atoms with Crippen LogP contribution < -0.4 is 9.21 Å². The van der Waals surface area contributed by atoms with Crippen LogP contribution in [-0.2, 0) is 21.2 Å². The van der Waals surface area contributed by atoms with E-state index in [9.17, 15) is 8.42 Å². The highest BCUT2D eigenvalue weighted by Crippen LogP contribution is 2.36. The van der Waals surface area contributed by atoms with Crippen LogP contribution in [0.15, 0.2) is 47.4 Å². The maximum atomic E-state index is 13.1. The molecule has 4 rings (SSSR count). The average molecular weight is 358 g/mol. The van der Waals surface area contributed by atoms with Gasteiger partial charge in [-0.15, -0.1) is 0 Å². The van der Waals surface area contributed by atoms with Crippen LogP contribution in [0.2, 0.25) is 0 Å². The predicted octanol–water partition coefficient (Wildman–Crippen LogP) is 2.58. The second kappa shape index (κ2) is 6.35. The summed E-state index contributed by atoms with van der Waals surface area (Å²) in [6.45, 7) is 5.50. The number of nitrogens with zero attached hydrogens (tertiary/aromatic N) is 2. The summed E-state index contributed by atoms with van der Waals surface area (Å²) in [6.07, 6.45) is 0.754. The van der Waals surface area contributed by atoms with Gasteiger partial charge in [-0.25, -0.2) is 8.42 Å². The number of sulfonamides is 1. The Bertz CT molecular complexity index is 889. The first-order valence-electron chi connectivity index (χ1n) is 8.61. The molecule has 1 fully saturated rings. The molecule has 0 unspecified atom stereocenters. The molecule has 0 aromatic heterocycles. The molecule has 0 aliphatic carbocycles. The van der Waals surface area contributed by atoms with Crippen molar-refractivity contribution < 1.29 is 13.2 Å². The number of anilines is 2. The normalized spacial score (nSPS) is 17.6. The Hall–Kier alpha value is -2.05. The van der Waals surface area contributed by atoms with E-state index in [0.717, 1.165) is 42.0 Å². The van der Waals surface area contributed by atoms with Gasteiger partial charge in [0.1, 0.15) is 0 Å². The Kier molecular flexibility index (Phi) is 4.17. The summed E-state index contributed by atoms with van der Waals surface area (Å²) in [7, 11) is -3.53. The number of fused-ring (bicyclic) bond motifs is 1. The summed E-state index contributed by atoms with van der Waals surface area (Å²) in [5.41, 5.74) is 3.91. The minimum atomic E-state index is -3.53. The van der Waals surface area contributed by atoms with Gasteiger partial charge in [-0.3, -0.25) is 4.31 Å². The van der Waals surface area contributed by atoms with E-state index < -0.39 is 10.0 Å². The molecule has 0 atom stereocenters. The van der Waals surface area contributed by atoms with Crippen molar-refractivity contribution in [1.82, 2.24) is 0 Å². The Balaban J connectivity index is 1.71. The maximum absolute atomic E-state index is 13.1. The number of morpholine rings is 1. The van der Waals surface area contributed by atoms with Crippen molar-refractivity contribution >= 4 is 21.4 Å². The number of aryl methyl sites for hydroxylation is 1. The molecule has 1 saturated heterocycles. The molecule has 2 aromatic carbocycles. The molecular weight excluding hydrogens is 336 g/mol. The highest BCUT2D eigenvalue weighted by atomic mass is 32.2. The molecule has 0 bridgehead atoms. The van der Waals surface area contributed by atoms with Gasteiger partial charge in [-0.2, -0.15) is 0 Å². The van der Waals surface area contributed by atoms with Crippen molar-refractivity contribution in [2.24, 2.45) is 0 Å². The highest BCUT2D eigenvalue weighted by molar-refractivity contribution is 7.92. The Morgan fingerprint density at radius 3 is 2.56 bits per heavy atom. The van der Waals surface area contributed by atoms with E-state index in [1.807, 2.05) is 19.1 Å². The molecule has 2 aliphatic heterocycles. The second-order valence-electron chi connectivity index (χ2n) is 6.56. The van der Waals surface area contributed by atoms with Crippen molar-refractivity contribution in [3.05, 3.63) is 53.6 Å². The van der Waals surface area contributed by atoms with Crippen LogP contribution in [0.25, 0.3) is 0 Å². The fraction of sp³-hybridized carbons (Fsp3) is 0.368. The molecule has 25 heavy (non-hydrogen) atoms. The van der Waals surface area contributed by atoms with Gasteiger partial charge in [0, 0.05) is 25.3 Å². The summed E-state index contributed by atoms with van der Waals surface area (Å²) < 4.78 is 33.2. The minimum Gasteiger partial charge on any atom is -0.378 e. The molecule has 2 heterocycles. The zero-order valence-corrected chi connectivity index (χ0v) is 15.1. The van der Waals surface area contributed by atoms with Crippen molar-refractivity contribution in [2.75, 3.05) is 42.1 Å². The predicted molar refractivity (Wildman–Crippen MR) is 98.9 cm³/mol. The lowest BCUT2D eigenvalue weighted by Gasteiger charge is -2.30. The van der Waals surface area contributed by atoms with E-state index in [-0.39, 0.29) is 0 Å². The summed E-state index contributed by atoms with van der Waals surface area (Å²) in [5.74, 6) is 0. The quantitative estimate of drug-likeness (QED) is 0.846. The van der Waals surface area contributed by atoms with Crippen LogP contribution in [0.4, 0.5) is 11.4 Å². The standard InChI is InChI=1S/C19H22N2O3S/c1-15-3-2-4-18(13-15)25(22,23)21-8-7-16-5-6-17(14-19(16)21)20-9-11-24-12-10-20/h2-6,13-14H,7-12H2,1H3. The van der Waals surface area contributed by atoms with E-state index in [2.05, 4.69) is 17.0 Å². The number of hydrogen-bond donors (Lipinski definition) is 0. The first-order chi connectivity index (χ1) is 12.1. The monoisotopic (exact) mass is 358 g/mol. The molecule has 2 aliphatic rings. The number of hydrogen-bond acceptors (Lipinski definition) is 4. The third-order valence-electron chi connectivity index (χ3n) is 4.88. The maximum Gasteiger partial charge on any atom is 0.264 e. The lowest BCUT2D eigenvalue weighted by molar-refractivity contribution is 0.122. The van der Waals surface area contributed by atoms with Crippen molar-refractivity contribution in [2.45, 2.75) is 18.2 Å². The largest absolute Gasteiger partial charge is 0.378 e. The molecule has 5 nitrogen and oxygen atoms in total. The molecule has 0 radical (unpaired) electrons. The van der Waals surface area contributed by atoms with E-state index in [0.29, 0.717) is 24.7 Å². The molecule has 0 N–H and O–H groups in total. The number of rotatable bonds is 3. The van der Waals surface area contributed by atoms with E-state index >= 15 is 0 Å². The Labute approximate surface area is 148 Å². The van der Waals surface area contributed by atoms with Gasteiger partial charge in [0.05, 0.1) is 23.8 Å². The summed E-state index contributed by atoms with van der Waals surface area (Å²) >= 11 is 0. The van der Waals surface area contributed by atoms with Crippen LogP contribution in [-0.4, -0.2) is 41.3 Å². The summed E-state index contributed by atoms with van der Waals surface area (Å²) in [4.78, 5) is 2.61. The lowest BCUT2D eigenvalue weighted by Crippen LogP contribution is -2.36. The van der Waals surface area contributed by atoms with E-state index in [1.54, 1.807) is 22.5 Å². The molecule has 6 heteroatoms. The second-order valence-corrected chi connectivity index (χ2v) is 8.42. The average Bonchev–Trinajstić information content (AvgIpc) is 3.06. The van der Waals surface area contributed by atoms with Gasteiger partial charge in [-0.1, -0.05) is 18.2 Å². The van der Waals surface area contributed by atoms with Gasteiger partial charge in [0.15, 0.2) is 0 Å². The first kappa shape index (κ1) is 16.4. The van der Waals surface area contributed by atoms with E-state index in [4.69, 9.17) is 4.74 Å². The van der Waals surface area contributed by atoms with Gasteiger partial charge in [-0.05, 0) is 48.7 Å². The van der Waals surface area contributed by atoms with Gasteiger partial charge >= 0.3 is 0 Å². The topological polar surface area (TPSA) is 49.9 Å². The smallest absolute Gasteiger partial charge is 0.264 e. The molecular formula is C19H22N2O3S. The fourth-order valence-corrected chi connectivity index (χ4v) is 5.11. The zero-order valence-electron chi connectivity index (χ0n) is 14.3. The third kappa shape index (κ3) is 3.00. The molecule has 0 amide bonds. The zero-order chi connectivity index (χ0) is 17.4. The highest BCUT2D eigenvalue weighted by Gasteiger charge is 2.31. The minimum absolute atomic E-state index is 0.358. The SMILES string of the molecule is Cc1cccc(S(=O)(=O)N2CCc3ccc(N4CCOCC4)cc32)c1. The molecule has 132 valence electrons. The Morgan fingerprint density at radius 2 is 1.80 bits per heavy atom. The third-order valence-corrected chi connectivity index (χ3v) is 6.68. The van der Waals surface area contributed by atoms with Crippen molar-refractivity contribution in [3.63, 3.8) is 0 Å². The van der Waals surface area contributed by atoms with Crippen LogP contribution in [0.3, 0.4) is 0 Å². The van der Waals surface area contributed by atoms with E-state index in [1.165, 1.54) is 0 Å². The molecule has 0 saturated carbocycles. The van der Waals surface area contributed by atoms with Crippen LogP contribution in [0.5, 0.6) is 0 Å². The van der Waals surface area contributed by atoms with Crippen LogP contribution >= 0.6 is 0 Å². The van der Waals surface area contributed by atoms with Gasteiger partial charge in [0.2, 0.25) is 0 Å². The lowest BCUT2D eigenvalue weighted by atomic mass is 10.1.